The lowest BCUT2D eigenvalue weighted by Crippen LogP contribution is -2.29. The molecule has 0 saturated carbocycles. The number of ether oxygens (including phenoxy) is 2. The molecule has 2 aromatic rings. The van der Waals surface area contributed by atoms with Crippen molar-refractivity contribution in [2.75, 3.05) is 32.2 Å². The van der Waals surface area contributed by atoms with Crippen LogP contribution in [-0.2, 0) is 16.6 Å². The Morgan fingerprint density at radius 1 is 0.963 bits per heavy atom. The van der Waals surface area contributed by atoms with Gasteiger partial charge in [-0.2, -0.15) is 0 Å². The van der Waals surface area contributed by atoms with Crippen molar-refractivity contribution in [3.8, 4) is 11.5 Å². The van der Waals surface area contributed by atoms with E-state index in [-0.39, 0.29) is 17.2 Å². The number of benzene rings is 2. The zero-order valence-electron chi connectivity index (χ0n) is 15.8. The third-order valence-corrected chi connectivity index (χ3v) is 6.21. The normalized spacial score (nSPS) is 14.8. The van der Waals surface area contributed by atoms with Gasteiger partial charge in [0.25, 0.3) is 0 Å². The van der Waals surface area contributed by atoms with Crippen LogP contribution in [0.25, 0.3) is 0 Å². The molecule has 0 amide bonds. The molecule has 1 aliphatic heterocycles. The minimum Gasteiger partial charge on any atom is -0.497 e. The molecule has 1 aliphatic rings. The van der Waals surface area contributed by atoms with Crippen molar-refractivity contribution in [1.82, 2.24) is 4.72 Å². The molecule has 1 N–H and O–H groups in total. The Morgan fingerprint density at radius 2 is 1.67 bits per heavy atom. The highest BCUT2D eigenvalue weighted by molar-refractivity contribution is 7.89. The van der Waals surface area contributed by atoms with Crippen LogP contribution in [0.3, 0.4) is 0 Å². The van der Waals surface area contributed by atoms with Crippen molar-refractivity contribution < 1.29 is 17.9 Å². The Labute approximate surface area is 161 Å². The summed E-state index contributed by atoms with van der Waals surface area (Å²) in [6, 6.07) is 12.8. The van der Waals surface area contributed by atoms with Crippen LogP contribution < -0.4 is 19.1 Å². The largest absolute Gasteiger partial charge is 0.497 e. The molecule has 0 aromatic heterocycles. The third kappa shape index (κ3) is 4.73. The van der Waals surface area contributed by atoms with Crippen LogP contribution in [0.5, 0.6) is 11.5 Å². The van der Waals surface area contributed by atoms with Crippen molar-refractivity contribution >= 4 is 15.7 Å². The summed E-state index contributed by atoms with van der Waals surface area (Å²) in [5, 5.41) is 0. The van der Waals surface area contributed by atoms with E-state index in [2.05, 4.69) is 21.8 Å². The summed E-state index contributed by atoms with van der Waals surface area (Å²) in [6.07, 6.45) is 3.75. The number of nitrogens with one attached hydrogen (secondary N) is 1. The molecule has 1 fully saturated rings. The summed E-state index contributed by atoms with van der Waals surface area (Å²) in [7, 11) is -0.790. The molecule has 1 saturated heterocycles. The van der Waals surface area contributed by atoms with E-state index in [4.69, 9.17) is 9.47 Å². The van der Waals surface area contributed by atoms with Crippen LogP contribution in [0.4, 0.5) is 5.69 Å². The van der Waals surface area contributed by atoms with Gasteiger partial charge in [0.1, 0.15) is 16.4 Å². The number of nitrogens with zero attached hydrogens (tertiary/aromatic N) is 1. The number of piperidine rings is 1. The molecule has 0 unspecified atom stereocenters. The Hall–Kier alpha value is -2.25. The monoisotopic (exact) mass is 390 g/mol. The predicted molar refractivity (Wildman–Crippen MR) is 106 cm³/mol. The number of rotatable bonds is 7. The van der Waals surface area contributed by atoms with Gasteiger partial charge < -0.3 is 14.4 Å². The van der Waals surface area contributed by atoms with Crippen molar-refractivity contribution in [1.29, 1.82) is 0 Å². The summed E-state index contributed by atoms with van der Waals surface area (Å²) in [5.41, 5.74) is 2.09. The number of methoxy groups -OCH3 is 2. The highest BCUT2D eigenvalue weighted by Crippen LogP contribution is 2.28. The molecule has 7 heteroatoms. The molecule has 3 rings (SSSR count). The molecule has 0 aliphatic carbocycles. The summed E-state index contributed by atoms with van der Waals surface area (Å²) < 4.78 is 38.4. The highest BCUT2D eigenvalue weighted by atomic mass is 32.2. The maximum absolute atomic E-state index is 12.7. The fraction of sp³-hybridized carbons (Fsp3) is 0.400. The van der Waals surface area contributed by atoms with E-state index in [0.29, 0.717) is 5.75 Å². The average molecular weight is 391 g/mol. The van der Waals surface area contributed by atoms with Gasteiger partial charge in [0.15, 0.2) is 0 Å². The fourth-order valence-corrected chi connectivity index (χ4v) is 4.43. The number of anilines is 1. The molecule has 27 heavy (non-hydrogen) atoms. The lowest BCUT2D eigenvalue weighted by Gasteiger charge is -2.28. The summed E-state index contributed by atoms with van der Waals surface area (Å²) in [6.45, 7) is 2.38. The second-order valence-electron chi connectivity index (χ2n) is 6.56. The number of hydrogen-bond donors (Lipinski definition) is 1. The molecular weight excluding hydrogens is 364 g/mol. The lowest BCUT2D eigenvalue weighted by atomic mass is 10.1. The number of hydrogen-bond acceptors (Lipinski definition) is 5. The Kier molecular flexibility index (Phi) is 6.23. The van der Waals surface area contributed by atoms with Gasteiger partial charge in [-0.1, -0.05) is 12.1 Å². The van der Waals surface area contributed by atoms with E-state index in [1.54, 1.807) is 12.1 Å². The Balaban J connectivity index is 1.70. The van der Waals surface area contributed by atoms with E-state index in [0.717, 1.165) is 18.7 Å². The minimum atomic E-state index is -3.73. The van der Waals surface area contributed by atoms with Gasteiger partial charge in [0.05, 0.1) is 14.2 Å². The van der Waals surface area contributed by atoms with Crippen molar-refractivity contribution in [3.63, 3.8) is 0 Å². The molecule has 0 bridgehead atoms. The van der Waals surface area contributed by atoms with Gasteiger partial charge in [-0.25, -0.2) is 13.1 Å². The fourth-order valence-electron chi connectivity index (χ4n) is 3.23. The smallest absolute Gasteiger partial charge is 0.244 e. The molecule has 0 atom stereocenters. The SMILES string of the molecule is COc1ccc(OC)c(S(=O)(=O)NCc2ccc(N3CCCCC3)cc2)c1. The average Bonchev–Trinajstić information content (AvgIpc) is 2.73. The van der Waals surface area contributed by atoms with Crippen molar-refractivity contribution in [2.45, 2.75) is 30.7 Å². The first-order chi connectivity index (χ1) is 13.0. The van der Waals surface area contributed by atoms with Gasteiger partial charge in [0.2, 0.25) is 10.0 Å². The maximum Gasteiger partial charge on any atom is 0.244 e. The molecule has 2 aromatic carbocycles. The quantitative estimate of drug-likeness (QED) is 0.786. The lowest BCUT2D eigenvalue weighted by molar-refractivity contribution is 0.392. The molecule has 0 spiro atoms. The van der Waals surface area contributed by atoms with Crippen LogP contribution in [-0.4, -0.2) is 35.7 Å². The molecule has 146 valence electrons. The topological polar surface area (TPSA) is 67.9 Å². The minimum absolute atomic E-state index is 0.0642. The molecule has 0 radical (unpaired) electrons. The van der Waals surface area contributed by atoms with Crippen LogP contribution in [0.1, 0.15) is 24.8 Å². The standard InChI is InChI=1S/C20H26N2O4S/c1-25-18-10-11-19(26-2)20(14-18)27(23,24)21-15-16-6-8-17(9-7-16)22-12-4-3-5-13-22/h6-11,14,21H,3-5,12-13,15H2,1-2H3. The maximum atomic E-state index is 12.7. The first-order valence-corrected chi connectivity index (χ1v) is 10.6. The van der Waals surface area contributed by atoms with Crippen LogP contribution >= 0.6 is 0 Å². The van der Waals surface area contributed by atoms with E-state index >= 15 is 0 Å². The summed E-state index contributed by atoms with van der Waals surface area (Å²) in [5.74, 6) is 0.741. The van der Waals surface area contributed by atoms with E-state index in [1.807, 2.05) is 12.1 Å². The first-order valence-electron chi connectivity index (χ1n) is 9.09. The molecule has 1 heterocycles. The van der Waals surface area contributed by atoms with E-state index in [1.165, 1.54) is 45.2 Å². The second-order valence-corrected chi connectivity index (χ2v) is 8.29. The van der Waals surface area contributed by atoms with Gasteiger partial charge in [-0.05, 0) is 49.1 Å². The van der Waals surface area contributed by atoms with Crippen molar-refractivity contribution in [2.24, 2.45) is 0 Å². The van der Waals surface area contributed by atoms with Crippen molar-refractivity contribution in [3.05, 3.63) is 48.0 Å². The molecule has 6 nitrogen and oxygen atoms in total. The zero-order valence-corrected chi connectivity index (χ0v) is 16.6. The Morgan fingerprint density at radius 3 is 2.30 bits per heavy atom. The van der Waals surface area contributed by atoms with Crippen LogP contribution in [0.15, 0.2) is 47.4 Å². The van der Waals surface area contributed by atoms with Gasteiger partial charge in [0, 0.05) is 31.4 Å². The predicted octanol–water partition coefficient (Wildman–Crippen LogP) is 3.17. The summed E-state index contributed by atoms with van der Waals surface area (Å²) >= 11 is 0. The second kappa shape index (κ2) is 8.63. The van der Waals surface area contributed by atoms with E-state index < -0.39 is 10.0 Å². The van der Waals surface area contributed by atoms with Crippen LogP contribution in [0, 0.1) is 0 Å². The van der Waals surface area contributed by atoms with Gasteiger partial charge in [-0.3, -0.25) is 0 Å². The van der Waals surface area contributed by atoms with Gasteiger partial charge >= 0.3 is 0 Å². The number of sulfonamides is 1. The highest BCUT2D eigenvalue weighted by Gasteiger charge is 2.20. The van der Waals surface area contributed by atoms with Gasteiger partial charge in [-0.15, -0.1) is 0 Å². The van der Waals surface area contributed by atoms with Crippen LogP contribution in [0.2, 0.25) is 0 Å². The van der Waals surface area contributed by atoms with E-state index in [9.17, 15) is 8.42 Å². The first kappa shape index (κ1) is 19.5. The molecular formula is C20H26N2O4S. The summed E-state index contributed by atoms with van der Waals surface area (Å²) in [4.78, 5) is 2.44. The zero-order chi connectivity index (χ0) is 19.3. The third-order valence-electron chi connectivity index (χ3n) is 4.78. The Bertz CT molecular complexity index is 860.